The Balaban J connectivity index is 1.95. The number of benzene rings is 2. The van der Waals surface area contributed by atoms with Crippen LogP contribution in [0.25, 0.3) is 0 Å². The van der Waals surface area contributed by atoms with Crippen molar-refractivity contribution in [2.75, 3.05) is 11.9 Å². The Morgan fingerprint density at radius 1 is 1.04 bits per heavy atom. The molecule has 0 unspecified atom stereocenters. The van der Waals surface area contributed by atoms with Crippen molar-refractivity contribution < 1.29 is 9.59 Å². The van der Waals surface area contributed by atoms with Crippen molar-refractivity contribution in [1.29, 1.82) is 0 Å². The van der Waals surface area contributed by atoms with Crippen molar-refractivity contribution in [3.05, 3.63) is 65.2 Å². The first-order valence-electron chi connectivity index (χ1n) is 8.18. The molecule has 0 aliphatic rings. The van der Waals surface area contributed by atoms with Crippen LogP contribution in [0.15, 0.2) is 48.5 Å². The van der Waals surface area contributed by atoms with Gasteiger partial charge in [0.25, 0.3) is 0 Å². The van der Waals surface area contributed by atoms with E-state index in [9.17, 15) is 9.59 Å². The normalized spacial score (nSPS) is 10.3. The molecule has 24 heavy (non-hydrogen) atoms. The predicted molar refractivity (Wildman–Crippen MR) is 96.7 cm³/mol. The first-order chi connectivity index (χ1) is 11.5. The number of hydrogen-bond donors (Lipinski definition) is 1. The van der Waals surface area contributed by atoms with Gasteiger partial charge in [-0.15, -0.1) is 0 Å². The maximum absolute atomic E-state index is 12.4. The number of anilines is 1. The van der Waals surface area contributed by atoms with E-state index in [1.807, 2.05) is 69.3 Å². The number of nitrogens with zero attached hydrogens (tertiary/aromatic N) is 1. The van der Waals surface area contributed by atoms with Crippen LogP contribution >= 0.6 is 0 Å². The molecule has 1 N–H and O–H groups in total. The van der Waals surface area contributed by atoms with E-state index in [0.29, 0.717) is 13.1 Å². The molecule has 0 bridgehead atoms. The van der Waals surface area contributed by atoms with Gasteiger partial charge in [0.05, 0.1) is 0 Å². The van der Waals surface area contributed by atoms with Gasteiger partial charge in [-0.1, -0.05) is 48.0 Å². The lowest BCUT2D eigenvalue weighted by Crippen LogP contribution is -2.33. The van der Waals surface area contributed by atoms with Gasteiger partial charge in [-0.05, 0) is 38.0 Å². The van der Waals surface area contributed by atoms with Gasteiger partial charge >= 0.3 is 0 Å². The molecule has 0 fully saturated rings. The average Bonchev–Trinajstić information content (AvgIpc) is 2.56. The van der Waals surface area contributed by atoms with Crippen molar-refractivity contribution in [3.8, 4) is 0 Å². The summed E-state index contributed by atoms with van der Waals surface area (Å²) in [6, 6.07) is 15.6. The summed E-state index contributed by atoms with van der Waals surface area (Å²) in [5.74, 6) is -0.443. The Hall–Kier alpha value is -2.62. The summed E-state index contributed by atoms with van der Waals surface area (Å²) in [4.78, 5) is 26.2. The Morgan fingerprint density at radius 3 is 2.38 bits per heavy atom. The molecule has 2 amide bonds. The standard InChI is InChI=1S/C20H24N2O2/c1-4-22(14-17-8-6-5-7-9-17)20(24)13-19(23)21-18-11-10-15(2)12-16(18)3/h5-12H,4,13-14H2,1-3H3,(H,21,23). The van der Waals surface area contributed by atoms with Crippen LogP contribution in [-0.4, -0.2) is 23.3 Å². The first-order valence-corrected chi connectivity index (χ1v) is 8.18. The zero-order valence-corrected chi connectivity index (χ0v) is 14.5. The van der Waals surface area contributed by atoms with E-state index in [2.05, 4.69) is 5.32 Å². The quantitative estimate of drug-likeness (QED) is 0.824. The summed E-state index contributed by atoms with van der Waals surface area (Å²) in [6.45, 7) is 6.96. The second-order valence-corrected chi connectivity index (χ2v) is 5.94. The highest BCUT2D eigenvalue weighted by atomic mass is 16.2. The summed E-state index contributed by atoms with van der Waals surface area (Å²) >= 11 is 0. The molecule has 2 rings (SSSR count). The van der Waals surface area contributed by atoms with E-state index in [1.54, 1.807) is 4.90 Å². The lowest BCUT2D eigenvalue weighted by Gasteiger charge is -2.21. The van der Waals surface area contributed by atoms with E-state index in [-0.39, 0.29) is 18.2 Å². The van der Waals surface area contributed by atoms with Crippen molar-refractivity contribution in [2.45, 2.75) is 33.7 Å². The molecular weight excluding hydrogens is 300 g/mol. The lowest BCUT2D eigenvalue weighted by molar-refractivity contribution is -0.134. The maximum atomic E-state index is 12.4. The summed E-state index contributed by atoms with van der Waals surface area (Å²) in [6.07, 6.45) is -0.145. The molecule has 126 valence electrons. The van der Waals surface area contributed by atoms with Crippen LogP contribution in [0.5, 0.6) is 0 Å². The minimum Gasteiger partial charge on any atom is -0.338 e. The van der Waals surface area contributed by atoms with Crippen molar-refractivity contribution >= 4 is 17.5 Å². The van der Waals surface area contributed by atoms with Crippen LogP contribution in [0.4, 0.5) is 5.69 Å². The number of hydrogen-bond acceptors (Lipinski definition) is 2. The third-order valence-corrected chi connectivity index (χ3v) is 3.92. The summed E-state index contributed by atoms with van der Waals surface area (Å²) < 4.78 is 0. The monoisotopic (exact) mass is 324 g/mol. The molecule has 4 nitrogen and oxygen atoms in total. The van der Waals surface area contributed by atoms with Gasteiger partial charge in [-0.2, -0.15) is 0 Å². The zero-order valence-electron chi connectivity index (χ0n) is 14.5. The second kappa shape index (κ2) is 8.29. The molecule has 0 saturated heterocycles. The van der Waals surface area contributed by atoms with E-state index >= 15 is 0 Å². The van der Waals surface area contributed by atoms with Crippen molar-refractivity contribution in [1.82, 2.24) is 4.90 Å². The van der Waals surface area contributed by atoms with Gasteiger partial charge in [-0.25, -0.2) is 0 Å². The molecular formula is C20H24N2O2. The third-order valence-electron chi connectivity index (χ3n) is 3.92. The number of carbonyl (C=O) groups is 2. The van der Waals surface area contributed by atoms with Crippen LogP contribution in [0.3, 0.4) is 0 Å². The van der Waals surface area contributed by atoms with Crippen LogP contribution in [0.2, 0.25) is 0 Å². The van der Waals surface area contributed by atoms with E-state index in [0.717, 1.165) is 22.4 Å². The molecule has 0 atom stereocenters. The number of aryl methyl sites for hydroxylation is 2. The number of carbonyl (C=O) groups excluding carboxylic acids is 2. The fraction of sp³-hybridized carbons (Fsp3) is 0.300. The summed E-state index contributed by atoms with van der Waals surface area (Å²) in [5.41, 5.74) is 3.95. The molecule has 0 aromatic heterocycles. The Labute approximate surface area is 143 Å². The Bertz CT molecular complexity index is 711. The minimum absolute atomic E-state index is 0.145. The largest absolute Gasteiger partial charge is 0.338 e. The minimum atomic E-state index is -0.279. The second-order valence-electron chi connectivity index (χ2n) is 5.94. The van der Waals surface area contributed by atoms with E-state index < -0.39 is 0 Å². The molecule has 2 aromatic carbocycles. The highest BCUT2D eigenvalue weighted by molar-refractivity contribution is 6.03. The SMILES string of the molecule is CCN(Cc1ccccc1)C(=O)CC(=O)Nc1ccc(C)cc1C. The fourth-order valence-corrected chi connectivity index (χ4v) is 2.58. The number of amides is 2. The van der Waals surface area contributed by atoms with Gasteiger partial charge in [-0.3, -0.25) is 9.59 Å². The fourth-order valence-electron chi connectivity index (χ4n) is 2.58. The van der Waals surface area contributed by atoms with Crippen LogP contribution in [0, 0.1) is 13.8 Å². The predicted octanol–water partition coefficient (Wildman–Crippen LogP) is 3.68. The number of rotatable bonds is 6. The molecule has 0 heterocycles. The van der Waals surface area contributed by atoms with Crippen molar-refractivity contribution in [3.63, 3.8) is 0 Å². The van der Waals surface area contributed by atoms with Gasteiger partial charge in [0.15, 0.2) is 0 Å². The van der Waals surface area contributed by atoms with Crippen molar-refractivity contribution in [2.24, 2.45) is 0 Å². The maximum Gasteiger partial charge on any atom is 0.233 e. The van der Waals surface area contributed by atoms with Gasteiger partial charge in [0, 0.05) is 18.8 Å². The van der Waals surface area contributed by atoms with Crippen LogP contribution in [-0.2, 0) is 16.1 Å². The highest BCUT2D eigenvalue weighted by Gasteiger charge is 2.16. The van der Waals surface area contributed by atoms with Gasteiger partial charge < -0.3 is 10.2 Å². The zero-order chi connectivity index (χ0) is 17.5. The molecule has 0 aliphatic heterocycles. The molecule has 0 spiro atoms. The van der Waals surface area contributed by atoms with Crippen LogP contribution in [0.1, 0.15) is 30.0 Å². The third kappa shape index (κ3) is 4.95. The average molecular weight is 324 g/mol. The first kappa shape index (κ1) is 17.7. The van der Waals surface area contributed by atoms with Crippen LogP contribution < -0.4 is 5.32 Å². The molecule has 2 aromatic rings. The topological polar surface area (TPSA) is 49.4 Å². The lowest BCUT2D eigenvalue weighted by atomic mass is 10.1. The molecule has 4 heteroatoms. The van der Waals surface area contributed by atoms with E-state index in [4.69, 9.17) is 0 Å². The summed E-state index contributed by atoms with van der Waals surface area (Å²) in [7, 11) is 0. The summed E-state index contributed by atoms with van der Waals surface area (Å²) in [5, 5.41) is 2.82. The highest BCUT2D eigenvalue weighted by Crippen LogP contribution is 2.16. The van der Waals surface area contributed by atoms with Gasteiger partial charge in [0.1, 0.15) is 6.42 Å². The smallest absolute Gasteiger partial charge is 0.233 e. The molecule has 0 aliphatic carbocycles. The molecule has 0 saturated carbocycles. The Kier molecular flexibility index (Phi) is 6.13. The number of nitrogens with one attached hydrogen (secondary N) is 1. The van der Waals surface area contributed by atoms with E-state index in [1.165, 1.54) is 0 Å². The Morgan fingerprint density at radius 2 is 1.75 bits per heavy atom. The van der Waals surface area contributed by atoms with Gasteiger partial charge in [0.2, 0.25) is 11.8 Å². The molecule has 0 radical (unpaired) electrons.